The molecule has 6 heteroatoms. The van der Waals surface area contributed by atoms with Crippen LogP contribution in [0, 0.1) is 0 Å². The van der Waals surface area contributed by atoms with Crippen LogP contribution in [0.2, 0.25) is 0 Å². The average molecular weight is 381 g/mol. The summed E-state index contributed by atoms with van der Waals surface area (Å²) >= 11 is 0. The highest BCUT2D eigenvalue weighted by molar-refractivity contribution is 5.74. The van der Waals surface area contributed by atoms with Crippen LogP contribution in [-0.2, 0) is 30.6 Å². The molecule has 0 spiro atoms. The summed E-state index contributed by atoms with van der Waals surface area (Å²) in [4.78, 5) is 28.0. The fourth-order valence-electron chi connectivity index (χ4n) is 3.55. The lowest BCUT2D eigenvalue weighted by Gasteiger charge is -2.19. The maximum Gasteiger partial charge on any atom is 0.315 e. The van der Waals surface area contributed by atoms with Gasteiger partial charge in [-0.25, -0.2) is 4.79 Å². The first-order valence-corrected chi connectivity index (χ1v) is 9.88. The molecule has 3 rings (SSSR count). The van der Waals surface area contributed by atoms with Crippen molar-refractivity contribution in [2.24, 2.45) is 0 Å². The molecule has 2 amide bonds. The minimum Gasteiger partial charge on any atom is -0.481 e. The molecule has 0 saturated carbocycles. The minimum absolute atomic E-state index is 0.0180. The first kappa shape index (κ1) is 19.9. The summed E-state index contributed by atoms with van der Waals surface area (Å²) < 4.78 is 0. The van der Waals surface area contributed by atoms with E-state index in [2.05, 4.69) is 21.7 Å². The normalized spacial score (nSPS) is 14.0. The minimum atomic E-state index is -0.862. The van der Waals surface area contributed by atoms with E-state index in [1.165, 1.54) is 18.4 Å². The molecule has 0 fully saturated rings. The number of fused-ring (bicyclic) bond motifs is 1. The summed E-state index contributed by atoms with van der Waals surface area (Å²) in [6.45, 7) is 0.357. The third-order valence-electron chi connectivity index (χ3n) is 5.03. The molecule has 6 nitrogen and oxygen atoms in total. The Labute approximate surface area is 165 Å². The number of aryl methyl sites for hydroxylation is 2. The molecule has 0 saturated heterocycles. The number of nitrogens with one attached hydrogen (secondary N) is 2. The number of aromatic nitrogens is 1. The molecule has 0 radical (unpaired) electrons. The molecule has 1 aliphatic rings. The second kappa shape index (κ2) is 9.88. The molecule has 1 heterocycles. The van der Waals surface area contributed by atoms with E-state index >= 15 is 0 Å². The topological polar surface area (TPSA) is 91.3 Å². The van der Waals surface area contributed by atoms with E-state index in [0.29, 0.717) is 19.4 Å². The molecule has 148 valence electrons. The molecule has 1 atom stereocenters. The van der Waals surface area contributed by atoms with Crippen LogP contribution in [0.15, 0.2) is 42.5 Å². The number of hydrogen-bond acceptors (Lipinski definition) is 3. The van der Waals surface area contributed by atoms with Crippen molar-refractivity contribution in [1.29, 1.82) is 0 Å². The predicted molar refractivity (Wildman–Crippen MR) is 107 cm³/mol. The smallest absolute Gasteiger partial charge is 0.315 e. The summed E-state index contributed by atoms with van der Waals surface area (Å²) in [5, 5.41) is 14.7. The van der Waals surface area contributed by atoms with Crippen molar-refractivity contribution in [2.75, 3.05) is 0 Å². The van der Waals surface area contributed by atoms with E-state index in [-0.39, 0.29) is 18.5 Å². The first-order chi connectivity index (χ1) is 13.6. The first-order valence-electron chi connectivity index (χ1n) is 9.88. The van der Waals surface area contributed by atoms with Gasteiger partial charge in [-0.05, 0) is 55.7 Å². The zero-order chi connectivity index (χ0) is 19.8. The van der Waals surface area contributed by atoms with Gasteiger partial charge in [-0.1, -0.05) is 36.4 Å². The van der Waals surface area contributed by atoms with E-state index in [9.17, 15) is 9.59 Å². The summed E-state index contributed by atoms with van der Waals surface area (Å²) in [5.74, 6) is -0.862. The predicted octanol–water partition coefficient (Wildman–Crippen LogP) is 3.24. The number of rotatable bonds is 8. The molecule has 1 aromatic heterocycles. The van der Waals surface area contributed by atoms with E-state index in [0.717, 1.165) is 29.8 Å². The van der Waals surface area contributed by atoms with Crippen LogP contribution in [0.4, 0.5) is 4.79 Å². The molecule has 3 N–H and O–H groups in total. The van der Waals surface area contributed by atoms with Gasteiger partial charge >= 0.3 is 12.0 Å². The van der Waals surface area contributed by atoms with Gasteiger partial charge in [0.25, 0.3) is 0 Å². The number of carbonyl (C=O) groups excluding carboxylic acids is 1. The second-order valence-electron chi connectivity index (χ2n) is 7.26. The largest absolute Gasteiger partial charge is 0.481 e. The highest BCUT2D eigenvalue weighted by Crippen LogP contribution is 2.19. The van der Waals surface area contributed by atoms with Crippen molar-refractivity contribution >= 4 is 12.0 Å². The molecule has 2 aromatic rings. The van der Waals surface area contributed by atoms with Crippen molar-refractivity contribution in [3.05, 3.63) is 65.0 Å². The van der Waals surface area contributed by atoms with E-state index in [1.807, 2.05) is 36.4 Å². The Morgan fingerprint density at radius 1 is 1.07 bits per heavy atom. The van der Waals surface area contributed by atoms with Crippen LogP contribution < -0.4 is 10.6 Å². The number of benzene rings is 1. The van der Waals surface area contributed by atoms with Crippen LogP contribution in [0.3, 0.4) is 0 Å². The number of aliphatic carboxylic acids is 1. The standard InChI is InChI=1S/C22H27N3O3/c26-21(27)13-12-18(14-16-6-2-1-3-7-16)25-22(28)23-15-19-11-10-17-8-4-5-9-20(17)24-19/h1-3,6-7,10-11,18H,4-5,8-9,12-15H2,(H,26,27)(H2,23,25,28). The molecule has 1 aromatic carbocycles. The number of amides is 2. The number of carboxylic acids is 1. The Kier molecular flexibility index (Phi) is 7.00. The van der Waals surface area contributed by atoms with Gasteiger partial charge in [-0.3, -0.25) is 9.78 Å². The monoisotopic (exact) mass is 381 g/mol. The molecular weight excluding hydrogens is 354 g/mol. The van der Waals surface area contributed by atoms with E-state index in [1.54, 1.807) is 0 Å². The highest BCUT2D eigenvalue weighted by Gasteiger charge is 2.15. The van der Waals surface area contributed by atoms with Gasteiger partial charge in [-0.15, -0.1) is 0 Å². The third kappa shape index (κ3) is 6.08. The van der Waals surface area contributed by atoms with Gasteiger partial charge < -0.3 is 15.7 Å². The maximum atomic E-state index is 12.4. The van der Waals surface area contributed by atoms with E-state index in [4.69, 9.17) is 5.11 Å². The van der Waals surface area contributed by atoms with Crippen LogP contribution in [0.1, 0.15) is 48.2 Å². The van der Waals surface area contributed by atoms with Crippen LogP contribution in [-0.4, -0.2) is 28.1 Å². The number of hydrogen-bond donors (Lipinski definition) is 3. The fourth-order valence-corrected chi connectivity index (χ4v) is 3.55. The van der Waals surface area contributed by atoms with Gasteiger partial charge in [-0.2, -0.15) is 0 Å². The molecular formula is C22H27N3O3. The number of pyridine rings is 1. The molecule has 0 bridgehead atoms. The average Bonchev–Trinajstić information content (AvgIpc) is 2.71. The Morgan fingerprint density at radius 3 is 2.64 bits per heavy atom. The van der Waals surface area contributed by atoms with Crippen molar-refractivity contribution in [3.63, 3.8) is 0 Å². The number of carboxylic acid groups (broad SMARTS) is 1. The maximum absolute atomic E-state index is 12.4. The SMILES string of the molecule is O=C(O)CCC(Cc1ccccc1)NC(=O)NCc1ccc2c(n1)CCCC2. The summed E-state index contributed by atoms with van der Waals surface area (Å²) in [6, 6.07) is 13.3. The Morgan fingerprint density at radius 2 is 1.86 bits per heavy atom. The lowest BCUT2D eigenvalue weighted by molar-refractivity contribution is -0.137. The number of carbonyl (C=O) groups is 2. The molecule has 28 heavy (non-hydrogen) atoms. The van der Waals surface area contributed by atoms with Gasteiger partial charge in [0.05, 0.1) is 12.2 Å². The summed E-state index contributed by atoms with van der Waals surface area (Å²) in [6.07, 6.45) is 5.47. The van der Waals surface area contributed by atoms with Crippen molar-refractivity contribution in [2.45, 2.75) is 57.5 Å². The quantitative estimate of drug-likeness (QED) is 0.655. The van der Waals surface area contributed by atoms with Gasteiger partial charge in [0.15, 0.2) is 0 Å². The third-order valence-corrected chi connectivity index (χ3v) is 5.03. The Bertz CT molecular complexity index is 808. The lowest BCUT2D eigenvalue weighted by atomic mass is 9.96. The lowest BCUT2D eigenvalue weighted by Crippen LogP contribution is -2.43. The van der Waals surface area contributed by atoms with Gasteiger partial charge in [0.1, 0.15) is 0 Å². The van der Waals surface area contributed by atoms with E-state index < -0.39 is 5.97 Å². The Balaban J connectivity index is 1.54. The van der Waals surface area contributed by atoms with Gasteiger partial charge in [0, 0.05) is 18.2 Å². The zero-order valence-corrected chi connectivity index (χ0v) is 16.0. The summed E-state index contributed by atoms with van der Waals surface area (Å²) in [7, 11) is 0. The van der Waals surface area contributed by atoms with Crippen molar-refractivity contribution < 1.29 is 14.7 Å². The molecule has 1 unspecified atom stereocenters. The van der Waals surface area contributed by atoms with Crippen molar-refractivity contribution in [3.8, 4) is 0 Å². The van der Waals surface area contributed by atoms with Crippen molar-refractivity contribution in [1.82, 2.24) is 15.6 Å². The van der Waals surface area contributed by atoms with Crippen LogP contribution >= 0.6 is 0 Å². The molecule has 1 aliphatic carbocycles. The molecule has 0 aliphatic heterocycles. The number of nitrogens with zero attached hydrogens (tertiary/aromatic N) is 1. The summed E-state index contributed by atoms with van der Waals surface area (Å²) in [5.41, 5.74) is 4.38. The number of urea groups is 1. The van der Waals surface area contributed by atoms with Crippen LogP contribution in [0.25, 0.3) is 0 Å². The van der Waals surface area contributed by atoms with Crippen LogP contribution in [0.5, 0.6) is 0 Å². The Hall–Kier alpha value is -2.89. The van der Waals surface area contributed by atoms with Gasteiger partial charge in [0.2, 0.25) is 0 Å². The highest BCUT2D eigenvalue weighted by atomic mass is 16.4. The fraction of sp³-hybridized carbons (Fsp3) is 0.409. The zero-order valence-electron chi connectivity index (χ0n) is 16.0. The second-order valence-corrected chi connectivity index (χ2v) is 7.26.